The summed E-state index contributed by atoms with van der Waals surface area (Å²) in [6.45, 7) is 4.02. The number of hydrogen-bond donors (Lipinski definition) is 0. The second-order valence-corrected chi connectivity index (χ2v) is 7.92. The lowest BCUT2D eigenvalue weighted by Gasteiger charge is -2.39. The van der Waals surface area contributed by atoms with Crippen LogP contribution in [0.2, 0.25) is 0 Å². The average Bonchev–Trinajstić information content (AvgIpc) is 2.48. The van der Waals surface area contributed by atoms with E-state index in [4.69, 9.17) is 8.37 Å². The van der Waals surface area contributed by atoms with Gasteiger partial charge in [-0.1, -0.05) is 52.4 Å². The molecular weight excluding hydrogens is 288 g/mol. The van der Waals surface area contributed by atoms with Crippen molar-refractivity contribution in [1.29, 1.82) is 0 Å². The first-order chi connectivity index (χ1) is 9.95. The molecule has 0 spiro atoms. The van der Waals surface area contributed by atoms with Crippen molar-refractivity contribution in [2.45, 2.75) is 102 Å². The van der Waals surface area contributed by atoms with Crippen LogP contribution in [0.4, 0.5) is 0 Å². The van der Waals surface area contributed by atoms with E-state index in [0.717, 1.165) is 64.2 Å². The largest absolute Gasteiger partial charge is 0.400 e. The Bertz CT molecular complexity index is 384. The molecule has 5 heteroatoms. The number of hydrogen-bond acceptors (Lipinski definition) is 4. The standard InChI is InChI=1S/C16H30O4S/c1-3-15(11-7-5-8-12-15)19-21(17,18)20-16(4-2)13-9-6-10-14-16/h3-14H2,1-2H3. The third kappa shape index (κ3) is 4.42. The highest BCUT2D eigenvalue weighted by Crippen LogP contribution is 2.40. The van der Waals surface area contributed by atoms with Crippen LogP contribution in [0.25, 0.3) is 0 Å². The fraction of sp³-hybridized carbons (Fsp3) is 1.00. The molecule has 0 bridgehead atoms. The molecule has 0 amide bonds. The Labute approximate surface area is 129 Å². The highest BCUT2D eigenvalue weighted by molar-refractivity contribution is 7.81. The first-order valence-electron chi connectivity index (χ1n) is 8.61. The van der Waals surface area contributed by atoms with Gasteiger partial charge in [-0.25, -0.2) is 8.37 Å². The third-order valence-corrected chi connectivity index (χ3v) is 6.49. The molecule has 2 saturated carbocycles. The van der Waals surface area contributed by atoms with Crippen molar-refractivity contribution in [1.82, 2.24) is 0 Å². The molecule has 4 nitrogen and oxygen atoms in total. The molecule has 0 aliphatic heterocycles. The SMILES string of the molecule is CCC1(OS(=O)(=O)OC2(CC)CCCCC2)CCCCC1. The predicted octanol–water partition coefficient (Wildman–Crippen LogP) is 4.49. The summed E-state index contributed by atoms with van der Waals surface area (Å²) >= 11 is 0. The Kier molecular flexibility index (Phi) is 5.71. The van der Waals surface area contributed by atoms with Gasteiger partial charge in [-0.05, 0) is 38.5 Å². The second-order valence-electron chi connectivity index (χ2n) is 6.77. The molecule has 2 fully saturated rings. The van der Waals surface area contributed by atoms with Crippen LogP contribution in [-0.4, -0.2) is 19.6 Å². The summed E-state index contributed by atoms with van der Waals surface area (Å²) in [7, 11) is -3.92. The topological polar surface area (TPSA) is 52.6 Å². The van der Waals surface area contributed by atoms with Crippen LogP contribution >= 0.6 is 0 Å². The molecule has 21 heavy (non-hydrogen) atoms. The van der Waals surface area contributed by atoms with E-state index in [9.17, 15) is 8.42 Å². The minimum Gasteiger partial charge on any atom is -0.242 e. The van der Waals surface area contributed by atoms with Crippen LogP contribution in [0.5, 0.6) is 0 Å². The van der Waals surface area contributed by atoms with Gasteiger partial charge in [-0.15, -0.1) is 0 Å². The van der Waals surface area contributed by atoms with Gasteiger partial charge in [-0.3, -0.25) is 0 Å². The normalized spacial score (nSPS) is 25.6. The van der Waals surface area contributed by atoms with Gasteiger partial charge in [0.05, 0.1) is 11.2 Å². The van der Waals surface area contributed by atoms with Gasteiger partial charge in [0.1, 0.15) is 0 Å². The molecule has 0 radical (unpaired) electrons. The molecule has 0 atom stereocenters. The van der Waals surface area contributed by atoms with Crippen LogP contribution in [-0.2, 0) is 18.8 Å². The molecular formula is C16H30O4S. The van der Waals surface area contributed by atoms with Crippen LogP contribution < -0.4 is 0 Å². The van der Waals surface area contributed by atoms with Crippen molar-refractivity contribution in [2.24, 2.45) is 0 Å². The van der Waals surface area contributed by atoms with Gasteiger partial charge in [-0.2, -0.15) is 8.42 Å². The molecule has 0 aromatic heterocycles. The Morgan fingerprint density at radius 3 is 1.33 bits per heavy atom. The van der Waals surface area contributed by atoms with E-state index < -0.39 is 21.6 Å². The zero-order valence-corrected chi connectivity index (χ0v) is 14.3. The van der Waals surface area contributed by atoms with Crippen molar-refractivity contribution in [2.75, 3.05) is 0 Å². The van der Waals surface area contributed by atoms with Crippen molar-refractivity contribution in [3.8, 4) is 0 Å². The molecule has 0 N–H and O–H groups in total. The van der Waals surface area contributed by atoms with Crippen molar-refractivity contribution >= 4 is 10.4 Å². The van der Waals surface area contributed by atoms with E-state index in [2.05, 4.69) is 0 Å². The fourth-order valence-electron chi connectivity index (χ4n) is 3.83. The summed E-state index contributed by atoms with van der Waals surface area (Å²) in [5, 5.41) is 0. The number of rotatable bonds is 6. The third-order valence-electron chi connectivity index (χ3n) is 5.38. The maximum Gasteiger partial charge on any atom is 0.400 e. The maximum absolute atomic E-state index is 12.5. The van der Waals surface area contributed by atoms with E-state index in [0.29, 0.717) is 0 Å². The zero-order chi connectivity index (χ0) is 15.4. The smallest absolute Gasteiger partial charge is 0.242 e. The summed E-state index contributed by atoms with van der Waals surface area (Å²) in [5.41, 5.74) is -1.05. The molecule has 0 aromatic carbocycles. The van der Waals surface area contributed by atoms with E-state index in [1.165, 1.54) is 12.8 Å². The lowest BCUT2D eigenvalue weighted by molar-refractivity contribution is -0.0261. The van der Waals surface area contributed by atoms with Gasteiger partial charge < -0.3 is 0 Å². The van der Waals surface area contributed by atoms with Gasteiger partial charge in [0.2, 0.25) is 0 Å². The van der Waals surface area contributed by atoms with Crippen LogP contribution in [0.1, 0.15) is 90.9 Å². The highest BCUT2D eigenvalue weighted by Gasteiger charge is 2.41. The molecule has 0 aromatic rings. The van der Waals surface area contributed by atoms with Gasteiger partial charge in [0.25, 0.3) is 0 Å². The monoisotopic (exact) mass is 318 g/mol. The van der Waals surface area contributed by atoms with Crippen molar-refractivity contribution in [3.05, 3.63) is 0 Å². The summed E-state index contributed by atoms with van der Waals surface area (Å²) in [6, 6.07) is 0. The second kappa shape index (κ2) is 6.97. The summed E-state index contributed by atoms with van der Waals surface area (Å²) in [5.74, 6) is 0. The Morgan fingerprint density at radius 2 is 1.05 bits per heavy atom. The first-order valence-corrected chi connectivity index (χ1v) is 9.94. The zero-order valence-electron chi connectivity index (χ0n) is 13.5. The van der Waals surface area contributed by atoms with E-state index in [1.54, 1.807) is 0 Å². The van der Waals surface area contributed by atoms with Crippen molar-refractivity contribution < 1.29 is 16.8 Å². The predicted molar refractivity (Wildman–Crippen MR) is 83.3 cm³/mol. The Hall–Kier alpha value is -0.130. The Balaban J connectivity index is 2.06. The molecule has 0 saturated heterocycles. The molecule has 2 aliphatic carbocycles. The van der Waals surface area contributed by atoms with Gasteiger partial charge >= 0.3 is 10.4 Å². The van der Waals surface area contributed by atoms with E-state index >= 15 is 0 Å². The quantitative estimate of drug-likeness (QED) is 0.724. The lowest BCUT2D eigenvalue weighted by atomic mass is 9.83. The summed E-state index contributed by atoms with van der Waals surface area (Å²) in [4.78, 5) is 0. The summed E-state index contributed by atoms with van der Waals surface area (Å²) in [6.07, 6.45) is 11.3. The molecule has 0 heterocycles. The average molecular weight is 318 g/mol. The first kappa shape index (κ1) is 17.2. The Morgan fingerprint density at radius 1 is 0.714 bits per heavy atom. The lowest BCUT2D eigenvalue weighted by Crippen LogP contribution is -2.42. The van der Waals surface area contributed by atoms with E-state index in [1.807, 2.05) is 13.8 Å². The minimum absolute atomic E-state index is 0.527. The van der Waals surface area contributed by atoms with Crippen LogP contribution in [0.3, 0.4) is 0 Å². The molecule has 0 unspecified atom stereocenters. The molecule has 124 valence electrons. The van der Waals surface area contributed by atoms with Crippen LogP contribution in [0, 0.1) is 0 Å². The van der Waals surface area contributed by atoms with E-state index in [-0.39, 0.29) is 0 Å². The van der Waals surface area contributed by atoms with Crippen molar-refractivity contribution in [3.63, 3.8) is 0 Å². The molecule has 2 rings (SSSR count). The van der Waals surface area contributed by atoms with Gasteiger partial charge in [0.15, 0.2) is 0 Å². The molecule has 2 aliphatic rings. The fourth-order valence-corrected chi connectivity index (χ4v) is 5.30. The van der Waals surface area contributed by atoms with Gasteiger partial charge in [0, 0.05) is 0 Å². The maximum atomic E-state index is 12.5. The summed E-state index contributed by atoms with van der Waals surface area (Å²) < 4.78 is 36.1. The minimum atomic E-state index is -3.92. The van der Waals surface area contributed by atoms with Crippen LogP contribution in [0.15, 0.2) is 0 Å². The highest BCUT2D eigenvalue weighted by atomic mass is 32.3.